The van der Waals surface area contributed by atoms with Gasteiger partial charge in [-0.3, -0.25) is 14.6 Å². The molecule has 180 valence electrons. The highest BCUT2D eigenvalue weighted by atomic mass is 16.5. The van der Waals surface area contributed by atoms with Gasteiger partial charge >= 0.3 is 0 Å². The second-order valence-corrected chi connectivity index (χ2v) is 7.92. The average Bonchev–Trinajstić information content (AvgIpc) is 2.99. The summed E-state index contributed by atoms with van der Waals surface area (Å²) in [5, 5.41) is 2.83. The molecular formula is C27H27N3O5. The summed E-state index contributed by atoms with van der Waals surface area (Å²) in [4.78, 5) is 32.6. The summed E-state index contributed by atoms with van der Waals surface area (Å²) >= 11 is 0. The summed E-state index contributed by atoms with van der Waals surface area (Å²) in [5.74, 6) is 0.603. The summed E-state index contributed by atoms with van der Waals surface area (Å²) in [6.45, 7) is 1.55. The Morgan fingerprint density at radius 3 is 2.20 bits per heavy atom. The molecule has 0 saturated carbocycles. The average molecular weight is 474 g/mol. The van der Waals surface area contributed by atoms with E-state index in [1.54, 1.807) is 19.1 Å². The van der Waals surface area contributed by atoms with Crippen molar-refractivity contribution in [2.45, 2.75) is 13.0 Å². The molecular weight excluding hydrogens is 446 g/mol. The molecule has 0 fully saturated rings. The summed E-state index contributed by atoms with van der Waals surface area (Å²) in [5.41, 5.74) is 3.49. The van der Waals surface area contributed by atoms with Crippen LogP contribution in [0.25, 0.3) is 0 Å². The molecule has 4 rings (SSSR count). The van der Waals surface area contributed by atoms with Crippen LogP contribution in [-0.4, -0.2) is 51.4 Å². The minimum atomic E-state index is -0.661. The van der Waals surface area contributed by atoms with Crippen molar-refractivity contribution in [2.24, 2.45) is 4.99 Å². The molecule has 0 spiro atoms. The lowest BCUT2D eigenvalue weighted by Crippen LogP contribution is -2.42. The number of amides is 2. The number of para-hydroxylation sites is 1. The van der Waals surface area contributed by atoms with E-state index in [0.29, 0.717) is 28.6 Å². The summed E-state index contributed by atoms with van der Waals surface area (Å²) in [6, 6.07) is 19.8. The minimum absolute atomic E-state index is 0.186. The molecule has 0 radical (unpaired) electrons. The molecule has 8 nitrogen and oxygen atoms in total. The second-order valence-electron chi connectivity index (χ2n) is 7.92. The topological polar surface area (TPSA) is 89.5 Å². The Labute approximate surface area is 204 Å². The zero-order chi connectivity index (χ0) is 24.9. The van der Waals surface area contributed by atoms with E-state index in [1.807, 2.05) is 54.6 Å². The Hall–Kier alpha value is -4.33. The number of anilines is 2. The van der Waals surface area contributed by atoms with Gasteiger partial charge in [0, 0.05) is 28.9 Å². The number of hydrogen-bond acceptors (Lipinski definition) is 6. The molecule has 1 aliphatic rings. The van der Waals surface area contributed by atoms with Crippen LogP contribution in [0.4, 0.5) is 11.4 Å². The Balaban J connectivity index is 1.65. The van der Waals surface area contributed by atoms with E-state index in [2.05, 4.69) is 5.32 Å². The van der Waals surface area contributed by atoms with Gasteiger partial charge < -0.3 is 24.4 Å². The summed E-state index contributed by atoms with van der Waals surface area (Å²) in [7, 11) is 4.51. The molecule has 0 bridgehead atoms. The Bertz CT molecular complexity index is 1250. The van der Waals surface area contributed by atoms with Crippen molar-refractivity contribution in [3.8, 4) is 17.2 Å². The van der Waals surface area contributed by atoms with Crippen molar-refractivity contribution < 1.29 is 23.8 Å². The van der Waals surface area contributed by atoms with Crippen LogP contribution in [0.1, 0.15) is 18.1 Å². The standard InChI is InChI=1S/C27H27N3O5/c1-17-27(32)30(16-24(31)29-19-14-22(33-2)26(35-4)23(15-19)34-3)21-13-9-8-12-20(21)25(28-17)18-10-6-5-7-11-18/h5-15,17H,16H2,1-4H3,(H,29,31). The second kappa shape index (κ2) is 10.3. The molecule has 3 aromatic carbocycles. The van der Waals surface area contributed by atoms with Gasteiger partial charge in [0.1, 0.15) is 12.6 Å². The molecule has 1 unspecified atom stereocenters. The first kappa shape index (κ1) is 23.8. The first-order valence-corrected chi connectivity index (χ1v) is 11.1. The SMILES string of the molecule is COc1cc(NC(=O)CN2C(=O)C(C)N=C(c3ccccc3)c3ccccc32)cc(OC)c1OC. The van der Waals surface area contributed by atoms with Crippen LogP contribution < -0.4 is 24.4 Å². The molecule has 0 saturated heterocycles. The van der Waals surface area contributed by atoms with Crippen LogP contribution in [0.3, 0.4) is 0 Å². The van der Waals surface area contributed by atoms with E-state index < -0.39 is 6.04 Å². The maximum Gasteiger partial charge on any atom is 0.252 e. The van der Waals surface area contributed by atoms with Gasteiger partial charge in [0.15, 0.2) is 11.5 Å². The van der Waals surface area contributed by atoms with Gasteiger partial charge in [0.05, 0.1) is 32.7 Å². The fourth-order valence-electron chi connectivity index (χ4n) is 4.06. The van der Waals surface area contributed by atoms with Gasteiger partial charge in [0.2, 0.25) is 11.7 Å². The van der Waals surface area contributed by atoms with Crippen molar-refractivity contribution in [1.82, 2.24) is 0 Å². The van der Waals surface area contributed by atoms with Gasteiger partial charge in [-0.2, -0.15) is 0 Å². The normalized spacial score (nSPS) is 15.0. The maximum absolute atomic E-state index is 13.3. The molecule has 8 heteroatoms. The molecule has 3 aromatic rings. The van der Waals surface area contributed by atoms with Crippen LogP contribution >= 0.6 is 0 Å². The van der Waals surface area contributed by atoms with Crippen molar-refractivity contribution in [2.75, 3.05) is 38.1 Å². The van der Waals surface area contributed by atoms with Gasteiger partial charge in [-0.1, -0.05) is 48.5 Å². The Morgan fingerprint density at radius 2 is 1.57 bits per heavy atom. The van der Waals surface area contributed by atoms with Crippen LogP contribution in [-0.2, 0) is 9.59 Å². The van der Waals surface area contributed by atoms with Crippen molar-refractivity contribution in [1.29, 1.82) is 0 Å². The number of nitrogens with zero attached hydrogens (tertiary/aromatic N) is 2. The molecule has 0 aromatic heterocycles. The number of hydrogen-bond donors (Lipinski definition) is 1. The van der Waals surface area contributed by atoms with Gasteiger partial charge in [-0.15, -0.1) is 0 Å². The number of benzodiazepines with no additional fused rings is 1. The van der Waals surface area contributed by atoms with E-state index in [4.69, 9.17) is 19.2 Å². The summed E-state index contributed by atoms with van der Waals surface area (Å²) < 4.78 is 16.1. The number of carbonyl (C=O) groups is 2. The largest absolute Gasteiger partial charge is 0.493 e. The predicted molar refractivity (Wildman–Crippen MR) is 135 cm³/mol. The Kier molecular flexibility index (Phi) is 7.01. The molecule has 1 heterocycles. The number of carbonyl (C=O) groups excluding carboxylic acids is 2. The molecule has 1 N–H and O–H groups in total. The highest BCUT2D eigenvalue weighted by Crippen LogP contribution is 2.40. The lowest BCUT2D eigenvalue weighted by atomic mass is 10.0. The van der Waals surface area contributed by atoms with Gasteiger partial charge in [0.25, 0.3) is 5.91 Å². The lowest BCUT2D eigenvalue weighted by Gasteiger charge is -2.24. The number of ether oxygens (including phenoxy) is 3. The maximum atomic E-state index is 13.3. The number of methoxy groups -OCH3 is 3. The number of nitrogens with one attached hydrogen (secondary N) is 1. The van der Waals surface area contributed by atoms with Gasteiger partial charge in [-0.25, -0.2) is 0 Å². The zero-order valence-corrected chi connectivity index (χ0v) is 20.1. The van der Waals surface area contributed by atoms with Crippen LogP contribution in [0.2, 0.25) is 0 Å². The first-order valence-electron chi connectivity index (χ1n) is 11.1. The third-order valence-electron chi connectivity index (χ3n) is 5.69. The van der Waals surface area contributed by atoms with E-state index in [9.17, 15) is 9.59 Å². The first-order chi connectivity index (χ1) is 17.0. The van der Waals surface area contributed by atoms with Crippen LogP contribution in [0.15, 0.2) is 71.7 Å². The smallest absolute Gasteiger partial charge is 0.252 e. The van der Waals surface area contributed by atoms with E-state index >= 15 is 0 Å². The quantitative estimate of drug-likeness (QED) is 0.562. The van der Waals surface area contributed by atoms with E-state index in [-0.39, 0.29) is 18.4 Å². The predicted octanol–water partition coefficient (Wildman–Crippen LogP) is 3.92. The lowest BCUT2D eigenvalue weighted by molar-refractivity contribution is -0.122. The van der Waals surface area contributed by atoms with Crippen molar-refractivity contribution >= 4 is 28.9 Å². The summed E-state index contributed by atoms with van der Waals surface area (Å²) in [6.07, 6.45) is 0. The number of aliphatic imine (C=N–C) groups is 1. The van der Waals surface area contributed by atoms with Crippen molar-refractivity contribution in [3.63, 3.8) is 0 Å². The fourth-order valence-corrected chi connectivity index (χ4v) is 4.06. The van der Waals surface area contributed by atoms with Crippen LogP contribution in [0, 0.1) is 0 Å². The van der Waals surface area contributed by atoms with E-state index in [0.717, 1.165) is 16.8 Å². The Morgan fingerprint density at radius 1 is 0.943 bits per heavy atom. The van der Waals surface area contributed by atoms with Crippen molar-refractivity contribution in [3.05, 3.63) is 77.9 Å². The van der Waals surface area contributed by atoms with E-state index in [1.165, 1.54) is 26.2 Å². The number of rotatable bonds is 7. The monoisotopic (exact) mass is 473 g/mol. The van der Waals surface area contributed by atoms with Crippen LogP contribution in [0.5, 0.6) is 17.2 Å². The van der Waals surface area contributed by atoms with Gasteiger partial charge in [-0.05, 0) is 13.0 Å². The highest BCUT2D eigenvalue weighted by molar-refractivity contribution is 6.20. The third kappa shape index (κ3) is 4.82. The molecule has 0 aliphatic carbocycles. The molecule has 1 aliphatic heterocycles. The number of benzene rings is 3. The zero-order valence-electron chi connectivity index (χ0n) is 20.1. The minimum Gasteiger partial charge on any atom is -0.493 e. The third-order valence-corrected chi connectivity index (χ3v) is 5.69. The molecule has 2 amide bonds. The highest BCUT2D eigenvalue weighted by Gasteiger charge is 2.31. The fraction of sp³-hybridized carbons (Fsp3) is 0.222. The molecule has 35 heavy (non-hydrogen) atoms. The number of fused-ring (bicyclic) bond motifs is 1. The molecule has 1 atom stereocenters.